The maximum atomic E-state index is 11.7. The minimum absolute atomic E-state index is 0.351. The van der Waals surface area contributed by atoms with Gasteiger partial charge in [-0.25, -0.2) is 0 Å². The molecule has 1 aromatic heterocycles. The van der Waals surface area contributed by atoms with Gasteiger partial charge in [-0.1, -0.05) is 42.0 Å². The molecule has 0 aliphatic carbocycles. The van der Waals surface area contributed by atoms with Crippen molar-refractivity contribution >= 4 is 5.97 Å². The molecule has 2 N–H and O–H groups in total. The lowest BCUT2D eigenvalue weighted by atomic mass is 9.83. The Labute approximate surface area is 134 Å². The first-order chi connectivity index (χ1) is 11.2. The molecule has 1 aromatic carbocycles. The second-order valence-corrected chi connectivity index (χ2v) is 5.41. The van der Waals surface area contributed by atoms with Crippen LogP contribution in [0.15, 0.2) is 30.3 Å². The van der Waals surface area contributed by atoms with Gasteiger partial charge in [0.05, 0.1) is 12.0 Å². The van der Waals surface area contributed by atoms with Crippen LogP contribution in [0.2, 0.25) is 0 Å². The number of nitrogens with zero attached hydrogens (tertiary/aromatic N) is 4. The molecule has 0 spiro atoms. The van der Waals surface area contributed by atoms with Gasteiger partial charge in [0.15, 0.2) is 5.82 Å². The molecule has 2 rings (SSSR count). The van der Waals surface area contributed by atoms with E-state index in [1.54, 1.807) is 0 Å². The van der Waals surface area contributed by atoms with Crippen LogP contribution in [0.1, 0.15) is 43.0 Å². The van der Waals surface area contributed by atoms with Crippen molar-refractivity contribution in [2.45, 2.75) is 38.0 Å². The van der Waals surface area contributed by atoms with E-state index < -0.39 is 11.9 Å². The minimum Gasteiger partial charge on any atom is -0.481 e. The third-order valence-electron chi connectivity index (χ3n) is 3.85. The van der Waals surface area contributed by atoms with Crippen molar-refractivity contribution in [3.63, 3.8) is 0 Å². The number of aromatic nitrogens is 4. The summed E-state index contributed by atoms with van der Waals surface area (Å²) in [6, 6.07) is 11.8. The number of carbonyl (C=O) groups is 1. The van der Waals surface area contributed by atoms with Gasteiger partial charge < -0.3 is 5.11 Å². The highest BCUT2D eigenvalue weighted by Crippen LogP contribution is 2.30. The second-order valence-electron chi connectivity index (χ2n) is 5.41. The predicted molar refractivity (Wildman–Crippen MR) is 82.3 cm³/mol. The standard InChI is InChI=1S/C16H19N5O2/c17-10-6-2-5-9-13(16(22)23)14(15-18-20-21-19-15)11-12-7-3-1-4-8-12/h1,3-4,7-8,13-14H,2,5-6,9,11H2,(H,22,23)(H,18,19,20,21)/t13?,14-/m0/s1. The molecule has 1 heterocycles. The van der Waals surface area contributed by atoms with Gasteiger partial charge in [-0.2, -0.15) is 10.5 Å². The zero-order valence-corrected chi connectivity index (χ0v) is 12.7. The van der Waals surface area contributed by atoms with Gasteiger partial charge in [0, 0.05) is 12.3 Å². The lowest BCUT2D eigenvalue weighted by Gasteiger charge is -2.21. The van der Waals surface area contributed by atoms with Crippen molar-refractivity contribution in [3.8, 4) is 6.07 Å². The Morgan fingerprint density at radius 3 is 2.70 bits per heavy atom. The molecule has 120 valence electrons. The molecular formula is C16H19N5O2. The SMILES string of the molecule is N#CCCCCC(C(=O)O)[C@H](Cc1ccccc1)c1nn[nH]n1. The number of aromatic amines is 1. The number of nitriles is 1. The van der Waals surface area contributed by atoms with Gasteiger partial charge in [-0.3, -0.25) is 4.79 Å². The van der Waals surface area contributed by atoms with E-state index in [0.29, 0.717) is 37.9 Å². The summed E-state index contributed by atoms with van der Waals surface area (Å²) in [7, 11) is 0. The van der Waals surface area contributed by atoms with E-state index in [0.717, 1.165) is 5.56 Å². The summed E-state index contributed by atoms with van der Waals surface area (Å²) in [6.45, 7) is 0. The van der Waals surface area contributed by atoms with Gasteiger partial charge in [-0.15, -0.1) is 10.2 Å². The number of H-pyrrole nitrogens is 1. The van der Waals surface area contributed by atoms with Crippen LogP contribution < -0.4 is 0 Å². The van der Waals surface area contributed by atoms with Crippen LogP contribution in [0, 0.1) is 17.2 Å². The number of carboxylic acids is 1. The number of benzene rings is 1. The number of hydrogen-bond acceptors (Lipinski definition) is 5. The third kappa shape index (κ3) is 4.88. The smallest absolute Gasteiger partial charge is 0.307 e. The normalized spacial score (nSPS) is 13.2. The zero-order chi connectivity index (χ0) is 16.5. The molecular weight excluding hydrogens is 294 g/mol. The molecule has 0 saturated heterocycles. The Morgan fingerprint density at radius 1 is 1.30 bits per heavy atom. The van der Waals surface area contributed by atoms with E-state index in [4.69, 9.17) is 5.26 Å². The van der Waals surface area contributed by atoms with Crippen LogP contribution in [-0.2, 0) is 11.2 Å². The number of carboxylic acid groups (broad SMARTS) is 1. The topological polar surface area (TPSA) is 116 Å². The fourth-order valence-corrected chi connectivity index (χ4v) is 2.67. The molecule has 0 fully saturated rings. The lowest BCUT2D eigenvalue weighted by Crippen LogP contribution is -2.25. The summed E-state index contributed by atoms with van der Waals surface area (Å²) in [6.07, 6.45) is 2.86. The molecule has 23 heavy (non-hydrogen) atoms. The molecule has 0 amide bonds. The highest BCUT2D eigenvalue weighted by molar-refractivity contribution is 5.71. The molecule has 1 unspecified atom stereocenters. The molecule has 2 aromatic rings. The first-order valence-electron chi connectivity index (χ1n) is 7.59. The average Bonchev–Trinajstić information content (AvgIpc) is 3.08. The van der Waals surface area contributed by atoms with E-state index in [9.17, 15) is 9.90 Å². The number of nitrogens with one attached hydrogen (secondary N) is 1. The monoisotopic (exact) mass is 313 g/mol. The first-order valence-corrected chi connectivity index (χ1v) is 7.59. The van der Waals surface area contributed by atoms with Crippen LogP contribution >= 0.6 is 0 Å². The Kier molecular flexibility index (Phi) is 6.24. The summed E-state index contributed by atoms with van der Waals surface area (Å²) in [4.78, 5) is 11.7. The third-order valence-corrected chi connectivity index (χ3v) is 3.85. The molecule has 0 bridgehead atoms. The van der Waals surface area contributed by atoms with Crippen molar-refractivity contribution in [2.24, 2.45) is 5.92 Å². The number of tetrazole rings is 1. The number of rotatable bonds is 9. The fourth-order valence-electron chi connectivity index (χ4n) is 2.67. The van der Waals surface area contributed by atoms with E-state index in [-0.39, 0.29) is 5.92 Å². The number of unbranched alkanes of at least 4 members (excludes halogenated alkanes) is 2. The van der Waals surface area contributed by atoms with Gasteiger partial charge in [-0.05, 0) is 24.8 Å². The van der Waals surface area contributed by atoms with E-state index in [2.05, 4.69) is 26.7 Å². The molecule has 2 atom stereocenters. The number of hydrogen-bond donors (Lipinski definition) is 2. The molecule has 7 nitrogen and oxygen atoms in total. The highest BCUT2D eigenvalue weighted by Gasteiger charge is 2.32. The van der Waals surface area contributed by atoms with Crippen LogP contribution in [0.5, 0.6) is 0 Å². The Bertz CT molecular complexity index is 636. The highest BCUT2D eigenvalue weighted by atomic mass is 16.4. The number of aliphatic carboxylic acids is 1. The van der Waals surface area contributed by atoms with Crippen molar-refractivity contribution in [2.75, 3.05) is 0 Å². The van der Waals surface area contributed by atoms with Crippen molar-refractivity contribution in [1.29, 1.82) is 5.26 Å². The quantitative estimate of drug-likeness (QED) is 0.686. The molecule has 0 aliphatic rings. The largest absolute Gasteiger partial charge is 0.481 e. The minimum atomic E-state index is -0.868. The molecule has 0 radical (unpaired) electrons. The van der Waals surface area contributed by atoms with Gasteiger partial charge in [0.25, 0.3) is 0 Å². The van der Waals surface area contributed by atoms with Crippen LogP contribution in [0.3, 0.4) is 0 Å². The lowest BCUT2D eigenvalue weighted by molar-refractivity contribution is -0.143. The Balaban J connectivity index is 2.16. The van der Waals surface area contributed by atoms with Gasteiger partial charge in [0.1, 0.15) is 0 Å². The van der Waals surface area contributed by atoms with Crippen molar-refractivity contribution < 1.29 is 9.90 Å². The molecule has 0 aliphatic heterocycles. The zero-order valence-electron chi connectivity index (χ0n) is 12.7. The average molecular weight is 313 g/mol. The molecule has 0 saturated carbocycles. The summed E-state index contributed by atoms with van der Waals surface area (Å²) < 4.78 is 0. The summed E-state index contributed by atoms with van der Waals surface area (Å²) in [5.41, 5.74) is 1.03. The van der Waals surface area contributed by atoms with Crippen LogP contribution in [0.25, 0.3) is 0 Å². The van der Waals surface area contributed by atoms with Crippen molar-refractivity contribution in [1.82, 2.24) is 20.6 Å². The summed E-state index contributed by atoms with van der Waals surface area (Å²) >= 11 is 0. The van der Waals surface area contributed by atoms with Crippen LogP contribution in [0.4, 0.5) is 0 Å². The first kappa shape index (κ1) is 16.6. The Hall–Kier alpha value is -2.75. The maximum Gasteiger partial charge on any atom is 0.307 e. The van der Waals surface area contributed by atoms with Gasteiger partial charge >= 0.3 is 5.97 Å². The van der Waals surface area contributed by atoms with Gasteiger partial charge in [0.2, 0.25) is 0 Å². The van der Waals surface area contributed by atoms with E-state index in [1.807, 2.05) is 30.3 Å². The second kappa shape index (κ2) is 8.63. The summed E-state index contributed by atoms with van der Waals surface area (Å²) in [5.74, 6) is -1.41. The van der Waals surface area contributed by atoms with E-state index in [1.165, 1.54) is 0 Å². The maximum absolute atomic E-state index is 11.7. The molecule has 7 heteroatoms. The Morgan fingerprint density at radius 2 is 2.09 bits per heavy atom. The van der Waals surface area contributed by atoms with E-state index >= 15 is 0 Å². The fraction of sp³-hybridized carbons (Fsp3) is 0.438. The van der Waals surface area contributed by atoms with Crippen molar-refractivity contribution in [3.05, 3.63) is 41.7 Å². The predicted octanol–water partition coefficient (Wildman–Crippen LogP) is 2.31. The van der Waals surface area contributed by atoms with Crippen LogP contribution in [-0.4, -0.2) is 31.7 Å². The summed E-state index contributed by atoms with van der Waals surface area (Å²) in [5, 5.41) is 32.2.